The molecule has 3 rings (SSSR count). The van der Waals surface area contributed by atoms with Crippen LogP contribution in [-0.2, 0) is 6.18 Å². The zero-order valence-corrected chi connectivity index (χ0v) is 12.9. The number of benzene rings is 1. The van der Waals surface area contributed by atoms with Crippen molar-refractivity contribution >= 4 is 11.7 Å². The van der Waals surface area contributed by atoms with Gasteiger partial charge in [-0.15, -0.1) is 10.2 Å². The number of anilines is 1. The minimum Gasteiger partial charge on any atom is -0.417 e. The van der Waals surface area contributed by atoms with Crippen LogP contribution >= 0.6 is 0 Å². The third kappa shape index (κ3) is 4.06. The molecule has 25 heavy (non-hydrogen) atoms. The lowest BCUT2D eigenvalue weighted by Crippen LogP contribution is -2.41. The number of halogens is 4. The molecule has 0 bridgehead atoms. The van der Waals surface area contributed by atoms with E-state index in [4.69, 9.17) is 4.42 Å². The van der Waals surface area contributed by atoms with E-state index in [0.29, 0.717) is 25.1 Å². The number of hydrogen-bond acceptors (Lipinski definition) is 4. The van der Waals surface area contributed by atoms with Gasteiger partial charge in [-0.1, -0.05) is 0 Å². The number of piperidine rings is 1. The van der Waals surface area contributed by atoms with Crippen molar-refractivity contribution < 1.29 is 26.8 Å². The highest BCUT2D eigenvalue weighted by molar-refractivity contribution is 5.89. The summed E-state index contributed by atoms with van der Waals surface area (Å²) in [5.41, 5.74) is 0.422. The van der Waals surface area contributed by atoms with Gasteiger partial charge in [0.1, 0.15) is 5.82 Å². The van der Waals surface area contributed by atoms with Crippen molar-refractivity contribution in [1.29, 1.82) is 0 Å². The molecule has 1 fully saturated rings. The van der Waals surface area contributed by atoms with Crippen molar-refractivity contribution in [3.8, 4) is 0 Å². The number of alkyl halides is 3. The summed E-state index contributed by atoms with van der Waals surface area (Å²) in [7, 11) is 0. The van der Waals surface area contributed by atoms with Crippen LogP contribution in [0.4, 0.5) is 28.0 Å². The number of amides is 2. The summed E-state index contributed by atoms with van der Waals surface area (Å²) in [6.45, 7) is 0.607. The SMILES string of the molecule is O=C(Nc1ccc(F)cc1)N1CCCC(c2nnc(C(F)(F)F)o2)C1. The summed E-state index contributed by atoms with van der Waals surface area (Å²) >= 11 is 0. The Bertz CT molecular complexity index is 745. The molecule has 0 saturated carbocycles. The Kier molecular flexibility index (Phi) is 4.60. The van der Waals surface area contributed by atoms with E-state index in [9.17, 15) is 22.4 Å². The molecule has 1 aliphatic rings. The van der Waals surface area contributed by atoms with Gasteiger partial charge >= 0.3 is 18.1 Å². The van der Waals surface area contributed by atoms with Gasteiger partial charge in [-0.3, -0.25) is 0 Å². The average molecular weight is 358 g/mol. The topological polar surface area (TPSA) is 71.3 Å². The maximum Gasteiger partial charge on any atom is 0.470 e. The lowest BCUT2D eigenvalue weighted by molar-refractivity contribution is -0.157. The van der Waals surface area contributed by atoms with Crippen LogP contribution in [0.2, 0.25) is 0 Å². The standard InChI is InChI=1S/C15H14F4N4O2/c16-10-3-5-11(6-4-10)20-14(24)23-7-1-2-9(8-23)12-21-22-13(25-12)15(17,18)19/h3-6,9H,1-2,7-8H2,(H,20,24). The van der Waals surface area contributed by atoms with E-state index < -0.39 is 29.8 Å². The van der Waals surface area contributed by atoms with Gasteiger partial charge in [-0.2, -0.15) is 13.2 Å². The molecule has 10 heteroatoms. The van der Waals surface area contributed by atoms with Gasteiger partial charge in [0.25, 0.3) is 0 Å². The number of nitrogens with one attached hydrogen (secondary N) is 1. The van der Waals surface area contributed by atoms with E-state index in [1.54, 1.807) is 0 Å². The summed E-state index contributed by atoms with van der Waals surface area (Å²) in [4.78, 5) is 13.7. The van der Waals surface area contributed by atoms with Crippen LogP contribution in [0, 0.1) is 5.82 Å². The zero-order chi connectivity index (χ0) is 18.0. The number of rotatable bonds is 2. The lowest BCUT2D eigenvalue weighted by atomic mass is 9.98. The van der Waals surface area contributed by atoms with Crippen LogP contribution in [0.15, 0.2) is 28.7 Å². The van der Waals surface area contributed by atoms with E-state index in [1.807, 2.05) is 0 Å². The summed E-state index contributed by atoms with van der Waals surface area (Å²) in [5, 5.41) is 9.08. The van der Waals surface area contributed by atoms with Gasteiger partial charge in [-0.05, 0) is 37.1 Å². The van der Waals surface area contributed by atoms with Crippen molar-refractivity contribution in [1.82, 2.24) is 15.1 Å². The molecular formula is C15H14F4N4O2. The third-order valence-corrected chi connectivity index (χ3v) is 3.84. The van der Waals surface area contributed by atoms with Gasteiger partial charge < -0.3 is 14.6 Å². The smallest absolute Gasteiger partial charge is 0.417 e. The van der Waals surface area contributed by atoms with E-state index >= 15 is 0 Å². The molecule has 1 atom stereocenters. The van der Waals surface area contributed by atoms with Crippen LogP contribution < -0.4 is 5.32 Å². The molecule has 0 aliphatic carbocycles. The van der Waals surface area contributed by atoms with E-state index in [-0.39, 0.29) is 12.4 Å². The summed E-state index contributed by atoms with van der Waals surface area (Å²) in [6, 6.07) is 4.84. The van der Waals surface area contributed by atoms with Gasteiger partial charge in [-0.25, -0.2) is 9.18 Å². The largest absolute Gasteiger partial charge is 0.470 e. The Morgan fingerprint density at radius 3 is 2.60 bits per heavy atom. The molecular weight excluding hydrogens is 344 g/mol. The van der Waals surface area contributed by atoms with E-state index in [0.717, 1.165) is 0 Å². The maximum atomic E-state index is 12.9. The van der Waals surface area contributed by atoms with Gasteiger partial charge in [0.05, 0.1) is 5.92 Å². The molecule has 1 aliphatic heterocycles. The summed E-state index contributed by atoms with van der Waals surface area (Å²) < 4.78 is 55.2. The Labute approximate surface area is 139 Å². The molecule has 1 N–H and O–H groups in total. The molecule has 1 aromatic carbocycles. The van der Waals surface area contributed by atoms with Crippen molar-refractivity contribution in [3.05, 3.63) is 41.9 Å². The molecule has 1 unspecified atom stereocenters. The summed E-state index contributed by atoms with van der Waals surface area (Å²) in [5.74, 6) is -2.41. The monoisotopic (exact) mass is 358 g/mol. The fraction of sp³-hybridized carbons (Fsp3) is 0.400. The normalized spacial score (nSPS) is 18.2. The second-order valence-corrected chi connectivity index (χ2v) is 5.67. The molecule has 6 nitrogen and oxygen atoms in total. The number of nitrogens with zero attached hydrogens (tertiary/aromatic N) is 3. The van der Waals surface area contributed by atoms with E-state index in [1.165, 1.54) is 29.2 Å². The maximum absolute atomic E-state index is 12.9. The first-order valence-electron chi connectivity index (χ1n) is 7.55. The zero-order valence-electron chi connectivity index (χ0n) is 12.9. The van der Waals surface area contributed by atoms with Crippen molar-refractivity contribution in [2.45, 2.75) is 24.9 Å². The molecule has 2 aromatic rings. The molecule has 134 valence electrons. The number of urea groups is 1. The molecule has 2 heterocycles. The predicted octanol–water partition coefficient (Wildman–Crippen LogP) is 3.64. The average Bonchev–Trinajstić information content (AvgIpc) is 3.07. The number of carbonyl (C=O) groups is 1. The lowest BCUT2D eigenvalue weighted by Gasteiger charge is -2.31. The first-order valence-corrected chi connectivity index (χ1v) is 7.55. The molecule has 2 amide bonds. The predicted molar refractivity (Wildman–Crippen MR) is 78.3 cm³/mol. The Balaban J connectivity index is 1.65. The highest BCUT2D eigenvalue weighted by atomic mass is 19.4. The minimum atomic E-state index is -4.69. The Morgan fingerprint density at radius 1 is 1.24 bits per heavy atom. The van der Waals surface area contributed by atoms with Crippen molar-refractivity contribution in [2.24, 2.45) is 0 Å². The highest BCUT2D eigenvalue weighted by Gasteiger charge is 2.39. The first-order chi connectivity index (χ1) is 11.8. The third-order valence-electron chi connectivity index (χ3n) is 3.84. The van der Waals surface area contributed by atoms with Crippen LogP contribution in [0.1, 0.15) is 30.5 Å². The molecule has 1 saturated heterocycles. The Morgan fingerprint density at radius 2 is 1.96 bits per heavy atom. The number of aromatic nitrogens is 2. The second kappa shape index (κ2) is 6.69. The minimum absolute atomic E-state index is 0.133. The quantitative estimate of drug-likeness (QED) is 0.832. The Hall–Kier alpha value is -2.65. The van der Waals surface area contributed by atoms with Crippen LogP contribution in [0.3, 0.4) is 0 Å². The summed E-state index contributed by atoms with van der Waals surface area (Å²) in [6.07, 6.45) is -3.56. The van der Waals surface area contributed by atoms with Crippen LogP contribution in [0.25, 0.3) is 0 Å². The fourth-order valence-electron chi connectivity index (χ4n) is 2.61. The van der Waals surface area contributed by atoms with E-state index in [2.05, 4.69) is 15.5 Å². The van der Waals surface area contributed by atoms with Gasteiger partial charge in [0.2, 0.25) is 5.89 Å². The number of carbonyl (C=O) groups excluding carboxylic acids is 1. The molecule has 0 radical (unpaired) electrons. The van der Waals surface area contributed by atoms with Gasteiger partial charge in [0.15, 0.2) is 0 Å². The van der Waals surface area contributed by atoms with Gasteiger partial charge in [0, 0.05) is 18.8 Å². The first kappa shape index (κ1) is 17.2. The van der Waals surface area contributed by atoms with Crippen molar-refractivity contribution in [2.75, 3.05) is 18.4 Å². The molecule has 1 aromatic heterocycles. The van der Waals surface area contributed by atoms with Crippen LogP contribution in [0.5, 0.6) is 0 Å². The molecule has 0 spiro atoms. The number of likely N-dealkylation sites (tertiary alicyclic amines) is 1. The number of hydrogen-bond donors (Lipinski definition) is 1. The van der Waals surface area contributed by atoms with Crippen LogP contribution in [-0.4, -0.2) is 34.2 Å². The van der Waals surface area contributed by atoms with Crippen molar-refractivity contribution in [3.63, 3.8) is 0 Å². The highest BCUT2D eigenvalue weighted by Crippen LogP contribution is 2.32. The fourth-order valence-corrected chi connectivity index (χ4v) is 2.61. The second-order valence-electron chi connectivity index (χ2n) is 5.67.